The average molecular weight is 307 g/mol. The zero-order chi connectivity index (χ0) is 16.5. The van der Waals surface area contributed by atoms with Crippen LogP contribution < -0.4 is 0 Å². The number of hydrogen-bond acceptors (Lipinski definition) is 2. The second kappa shape index (κ2) is 4.67. The molecular formula is C21H25NO. The lowest BCUT2D eigenvalue weighted by Crippen LogP contribution is -2.56. The minimum absolute atomic E-state index is 0.0428. The summed E-state index contributed by atoms with van der Waals surface area (Å²) in [5.74, 6) is 0.210. The van der Waals surface area contributed by atoms with Crippen molar-refractivity contribution in [3.63, 3.8) is 0 Å². The molecule has 1 heterocycles. The highest BCUT2D eigenvalue weighted by molar-refractivity contribution is 6.07. The van der Waals surface area contributed by atoms with Gasteiger partial charge in [-0.05, 0) is 93.6 Å². The Morgan fingerprint density at radius 1 is 1.17 bits per heavy atom. The molecule has 1 aliphatic heterocycles. The van der Waals surface area contributed by atoms with Gasteiger partial charge in [0, 0.05) is 11.5 Å². The Labute approximate surface area is 138 Å². The van der Waals surface area contributed by atoms with Crippen LogP contribution in [0.15, 0.2) is 34.9 Å². The number of carbonyl (C=O) groups excluding carboxylic acids is 1. The molecule has 1 saturated heterocycles. The Balaban J connectivity index is 2.11. The van der Waals surface area contributed by atoms with Crippen molar-refractivity contribution in [1.29, 1.82) is 0 Å². The fourth-order valence-corrected chi connectivity index (χ4v) is 5.11. The number of ketones is 1. The lowest BCUT2D eigenvalue weighted by molar-refractivity contribution is -0.111. The molecule has 2 aliphatic carbocycles. The fourth-order valence-electron chi connectivity index (χ4n) is 5.11. The Kier molecular flexibility index (Phi) is 3.02. The van der Waals surface area contributed by atoms with Crippen molar-refractivity contribution in [2.75, 3.05) is 13.6 Å². The van der Waals surface area contributed by atoms with E-state index in [1.165, 1.54) is 33.4 Å². The van der Waals surface area contributed by atoms with Gasteiger partial charge in [0.25, 0.3) is 0 Å². The molecule has 1 aromatic carbocycles. The molecule has 23 heavy (non-hydrogen) atoms. The summed E-state index contributed by atoms with van der Waals surface area (Å²) in [5.41, 5.74) is 9.29. The monoisotopic (exact) mass is 307 g/mol. The zero-order valence-corrected chi connectivity index (χ0v) is 14.8. The lowest BCUT2D eigenvalue weighted by atomic mass is 9.54. The molecule has 1 aromatic rings. The van der Waals surface area contributed by atoms with Crippen molar-refractivity contribution >= 4 is 5.78 Å². The summed E-state index contributed by atoms with van der Waals surface area (Å²) in [6.45, 7) is 9.76. The van der Waals surface area contributed by atoms with Gasteiger partial charge in [0.2, 0.25) is 0 Å². The molecule has 2 heteroatoms. The summed E-state index contributed by atoms with van der Waals surface area (Å²) < 4.78 is 0. The first-order valence-corrected chi connectivity index (χ1v) is 8.62. The van der Waals surface area contributed by atoms with E-state index in [2.05, 4.69) is 44.9 Å². The number of likely N-dealkylation sites (tertiary alicyclic amines) is 1. The number of hydrogen-bond donors (Lipinski definition) is 0. The minimum Gasteiger partial charge on any atom is -0.299 e. The largest absolute Gasteiger partial charge is 0.299 e. The van der Waals surface area contributed by atoms with Crippen LogP contribution in [0.1, 0.15) is 42.5 Å². The van der Waals surface area contributed by atoms with Crippen molar-refractivity contribution < 1.29 is 4.79 Å². The van der Waals surface area contributed by atoms with E-state index in [0.717, 1.165) is 25.0 Å². The topological polar surface area (TPSA) is 20.3 Å². The summed E-state index contributed by atoms with van der Waals surface area (Å²) in [5, 5.41) is 0. The number of allylic oxidation sites excluding steroid dienone is 3. The molecule has 2 bridgehead atoms. The molecular weight excluding hydrogens is 282 g/mol. The molecule has 2 atom stereocenters. The van der Waals surface area contributed by atoms with Crippen molar-refractivity contribution in [3.05, 3.63) is 57.2 Å². The molecule has 0 N–H and O–H groups in total. The Morgan fingerprint density at radius 2 is 1.91 bits per heavy atom. The normalized spacial score (nSPS) is 30.0. The smallest absolute Gasteiger partial charge is 0.181 e. The van der Waals surface area contributed by atoms with Crippen LogP contribution in [0.4, 0.5) is 0 Å². The highest BCUT2D eigenvalue weighted by atomic mass is 16.1. The molecule has 0 saturated carbocycles. The van der Waals surface area contributed by atoms with Crippen LogP contribution in [-0.2, 0) is 16.6 Å². The third-order valence-electron chi connectivity index (χ3n) is 6.74. The molecule has 4 rings (SSSR count). The maximum atomic E-state index is 12.5. The number of piperidine rings is 1. The summed E-state index contributed by atoms with van der Waals surface area (Å²) in [7, 11) is 2.20. The van der Waals surface area contributed by atoms with Gasteiger partial charge in [-0.2, -0.15) is 0 Å². The van der Waals surface area contributed by atoms with Crippen molar-refractivity contribution in [2.45, 2.75) is 52.0 Å². The minimum atomic E-state index is -0.0428. The van der Waals surface area contributed by atoms with Gasteiger partial charge in [-0.3, -0.25) is 9.69 Å². The van der Waals surface area contributed by atoms with Crippen LogP contribution in [0.5, 0.6) is 0 Å². The number of nitrogens with zero attached hydrogens (tertiary/aromatic N) is 1. The molecule has 0 unspecified atom stereocenters. The number of aryl methyl sites for hydroxylation is 1. The van der Waals surface area contributed by atoms with Crippen LogP contribution in [0.25, 0.3) is 0 Å². The summed E-state index contributed by atoms with van der Waals surface area (Å²) >= 11 is 0. The van der Waals surface area contributed by atoms with Crippen molar-refractivity contribution in [1.82, 2.24) is 4.90 Å². The van der Waals surface area contributed by atoms with Crippen molar-refractivity contribution in [3.8, 4) is 0 Å². The quantitative estimate of drug-likeness (QED) is 0.729. The van der Waals surface area contributed by atoms with Gasteiger partial charge in [-0.1, -0.05) is 17.7 Å². The lowest BCUT2D eigenvalue weighted by Gasteiger charge is -2.55. The van der Waals surface area contributed by atoms with Crippen LogP contribution in [0.3, 0.4) is 0 Å². The Morgan fingerprint density at radius 3 is 2.65 bits per heavy atom. The standard InChI is InChI=1S/C21H25NO/c1-12-6-7-16-10-18-17-11-19(23)14(3)15(4)21(17,8-9-22(18)5)20(16)13(12)2/h6-7,11,18H,8-10H2,1-5H3/t18-,21+/m1/s1. The van der Waals surface area contributed by atoms with Crippen LogP contribution in [0, 0.1) is 13.8 Å². The highest BCUT2D eigenvalue weighted by Crippen LogP contribution is 2.55. The maximum absolute atomic E-state index is 12.5. The van der Waals surface area contributed by atoms with E-state index < -0.39 is 0 Å². The number of rotatable bonds is 0. The number of fused-ring (bicyclic) bond motifs is 1. The van der Waals surface area contributed by atoms with Crippen LogP contribution in [0.2, 0.25) is 0 Å². The number of likely N-dealkylation sites (N-methyl/N-ethyl adjacent to an activating group) is 1. The van der Waals surface area contributed by atoms with Crippen LogP contribution in [-0.4, -0.2) is 30.3 Å². The molecule has 0 aromatic heterocycles. The van der Waals surface area contributed by atoms with Gasteiger partial charge in [0.1, 0.15) is 0 Å². The first kappa shape index (κ1) is 14.9. The zero-order valence-electron chi connectivity index (χ0n) is 14.8. The second-order valence-electron chi connectivity index (χ2n) is 7.61. The molecule has 0 spiro atoms. The summed E-state index contributed by atoms with van der Waals surface area (Å²) in [6.07, 6.45) is 4.08. The molecule has 0 radical (unpaired) electrons. The summed E-state index contributed by atoms with van der Waals surface area (Å²) in [6, 6.07) is 4.95. The van der Waals surface area contributed by atoms with E-state index in [9.17, 15) is 4.79 Å². The van der Waals surface area contributed by atoms with E-state index in [4.69, 9.17) is 0 Å². The Hall–Kier alpha value is -1.67. The maximum Gasteiger partial charge on any atom is 0.181 e. The highest BCUT2D eigenvalue weighted by Gasteiger charge is 2.52. The van der Waals surface area contributed by atoms with Gasteiger partial charge in [-0.15, -0.1) is 0 Å². The fraction of sp³-hybridized carbons (Fsp3) is 0.476. The van der Waals surface area contributed by atoms with Gasteiger partial charge >= 0.3 is 0 Å². The third kappa shape index (κ3) is 1.70. The van der Waals surface area contributed by atoms with E-state index in [1.54, 1.807) is 0 Å². The predicted molar refractivity (Wildman–Crippen MR) is 93.8 cm³/mol. The van der Waals surface area contributed by atoms with Crippen molar-refractivity contribution in [2.24, 2.45) is 0 Å². The first-order valence-electron chi connectivity index (χ1n) is 8.62. The first-order chi connectivity index (χ1) is 10.9. The molecule has 0 amide bonds. The summed E-state index contributed by atoms with van der Waals surface area (Å²) in [4.78, 5) is 14.9. The number of benzene rings is 1. The van der Waals surface area contributed by atoms with Gasteiger partial charge in [0.05, 0.1) is 0 Å². The molecule has 120 valence electrons. The molecule has 1 fully saturated rings. The van der Waals surface area contributed by atoms with E-state index in [-0.39, 0.29) is 11.2 Å². The molecule has 3 aliphatic rings. The SMILES string of the molecule is CC1=C(C)[C@]23CCN(C)[C@H](Cc4ccc(C)c(C)c42)C3=CC1=O. The van der Waals surface area contributed by atoms with Crippen LogP contribution >= 0.6 is 0 Å². The average Bonchev–Trinajstić information content (AvgIpc) is 2.52. The van der Waals surface area contributed by atoms with E-state index >= 15 is 0 Å². The molecule has 2 nitrogen and oxygen atoms in total. The van der Waals surface area contributed by atoms with E-state index in [0.29, 0.717) is 6.04 Å². The second-order valence-corrected chi connectivity index (χ2v) is 7.61. The third-order valence-corrected chi connectivity index (χ3v) is 6.74. The van der Waals surface area contributed by atoms with Gasteiger partial charge in [-0.25, -0.2) is 0 Å². The number of carbonyl (C=O) groups is 1. The predicted octanol–water partition coefficient (Wildman–Crippen LogP) is 3.65. The van der Waals surface area contributed by atoms with E-state index in [1.807, 2.05) is 13.0 Å². The van der Waals surface area contributed by atoms with Gasteiger partial charge in [0.15, 0.2) is 5.78 Å². The van der Waals surface area contributed by atoms with Gasteiger partial charge < -0.3 is 0 Å². The Bertz CT molecular complexity index is 798.